The normalized spacial score (nSPS) is 14.9. The molecule has 0 saturated heterocycles. The molecule has 68 valence electrons. The Morgan fingerprint density at radius 3 is 2.85 bits per heavy atom. The van der Waals surface area contributed by atoms with Crippen molar-refractivity contribution >= 4 is 17.2 Å². The number of rotatable bonds is 0. The maximum absolute atomic E-state index is 9.52. The summed E-state index contributed by atoms with van der Waals surface area (Å²) < 4.78 is 0. The Labute approximate surface area is 81.0 Å². The molecule has 0 fully saturated rings. The molecule has 1 aliphatic heterocycles. The Bertz CT molecular complexity index is 376. The first-order chi connectivity index (χ1) is 6.20. The van der Waals surface area contributed by atoms with E-state index in [9.17, 15) is 10.2 Å². The van der Waals surface area contributed by atoms with Gasteiger partial charge in [-0.2, -0.15) is 0 Å². The van der Waals surface area contributed by atoms with Gasteiger partial charge in [-0.3, -0.25) is 0 Å². The van der Waals surface area contributed by atoms with E-state index in [1.165, 1.54) is 6.07 Å². The fourth-order valence-corrected chi connectivity index (χ4v) is 1.78. The van der Waals surface area contributed by atoms with Crippen molar-refractivity contribution < 1.29 is 10.2 Å². The van der Waals surface area contributed by atoms with E-state index in [4.69, 9.17) is 12.2 Å². The number of hydrogen-bond acceptors (Lipinski definition) is 3. The highest BCUT2D eigenvalue weighted by atomic mass is 32.1. The van der Waals surface area contributed by atoms with Crippen molar-refractivity contribution in [2.75, 3.05) is 6.54 Å². The van der Waals surface area contributed by atoms with E-state index in [0.29, 0.717) is 18.0 Å². The predicted octanol–water partition coefficient (Wildman–Crippen LogP) is 0.919. The van der Waals surface area contributed by atoms with E-state index in [1.54, 1.807) is 6.07 Å². The second-order valence-corrected chi connectivity index (χ2v) is 3.37. The molecule has 4 heteroatoms. The smallest absolute Gasteiger partial charge is 0.161 e. The number of hydrogen-bond donors (Lipinski definition) is 3. The summed E-state index contributed by atoms with van der Waals surface area (Å²) in [7, 11) is 0. The van der Waals surface area contributed by atoms with Crippen LogP contribution >= 0.6 is 12.2 Å². The third-order valence-electron chi connectivity index (χ3n) is 2.17. The van der Waals surface area contributed by atoms with Crippen molar-refractivity contribution in [2.24, 2.45) is 0 Å². The van der Waals surface area contributed by atoms with Crippen LogP contribution in [0.1, 0.15) is 11.1 Å². The van der Waals surface area contributed by atoms with Crippen LogP contribution in [0.2, 0.25) is 0 Å². The number of benzene rings is 1. The molecular formula is C9H9NO2S. The molecule has 0 aliphatic carbocycles. The summed E-state index contributed by atoms with van der Waals surface area (Å²) in [4.78, 5) is 0.636. The predicted molar refractivity (Wildman–Crippen MR) is 53.2 cm³/mol. The first kappa shape index (κ1) is 8.31. The van der Waals surface area contributed by atoms with Gasteiger partial charge in [0, 0.05) is 17.7 Å². The van der Waals surface area contributed by atoms with Crippen molar-refractivity contribution in [3.8, 4) is 11.5 Å². The molecule has 0 saturated carbocycles. The third kappa shape index (κ3) is 1.23. The lowest BCUT2D eigenvalue weighted by Gasteiger charge is -2.19. The van der Waals surface area contributed by atoms with Crippen LogP contribution in [0.15, 0.2) is 12.1 Å². The summed E-state index contributed by atoms with van der Waals surface area (Å²) in [6.07, 6.45) is 0.690. The van der Waals surface area contributed by atoms with Crippen molar-refractivity contribution in [1.29, 1.82) is 0 Å². The fourth-order valence-electron chi connectivity index (χ4n) is 1.49. The van der Waals surface area contributed by atoms with Gasteiger partial charge in [0.15, 0.2) is 11.5 Å². The Morgan fingerprint density at radius 2 is 2.08 bits per heavy atom. The second-order valence-electron chi connectivity index (χ2n) is 2.97. The molecule has 0 bridgehead atoms. The van der Waals surface area contributed by atoms with E-state index in [-0.39, 0.29) is 11.5 Å². The molecule has 0 atom stereocenters. The van der Waals surface area contributed by atoms with E-state index < -0.39 is 0 Å². The SMILES string of the molecule is Oc1ccc2c(c1O)CCNC2=S. The first-order valence-corrected chi connectivity index (χ1v) is 4.43. The van der Waals surface area contributed by atoms with Gasteiger partial charge in [0.1, 0.15) is 4.99 Å². The number of nitrogens with one attached hydrogen (secondary N) is 1. The third-order valence-corrected chi connectivity index (χ3v) is 2.53. The zero-order valence-corrected chi connectivity index (χ0v) is 7.69. The summed E-state index contributed by atoms with van der Waals surface area (Å²) in [5, 5.41) is 21.8. The minimum atomic E-state index is -0.0801. The molecule has 1 heterocycles. The molecule has 13 heavy (non-hydrogen) atoms. The lowest BCUT2D eigenvalue weighted by atomic mass is 9.99. The summed E-state index contributed by atoms with van der Waals surface area (Å²) in [6.45, 7) is 0.711. The van der Waals surface area contributed by atoms with Crippen LogP contribution in [-0.4, -0.2) is 21.7 Å². The van der Waals surface area contributed by atoms with Gasteiger partial charge in [0.05, 0.1) is 0 Å². The quantitative estimate of drug-likeness (QED) is 0.425. The van der Waals surface area contributed by atoms with E-state index >= 15 is 0 Å². The van der Waals surface area contributed by atoms with Crippen LogP contribution in [0.25, 0.3) is 0 Å². The zero-order chi connectivity index (χ0) is 9.42. The number of phenols is 2. The molecule has 1 aliphatic rings. The summed E-state index contributed by atoms with van der Waals surface area (Å²) in [5.41, 5.74) is 1.56. The standard InChI is InChI=1S/C9H9NO2S/c11-7-2-1-6-5(8(7)12)3-4-10-9(6)13/h1-2,11-12H,3-4H2,(H,10,13). The summed E-state index contributed by atoms with van der Waals surface area (Å²) in [6, 6.07) is 3.17. The van der Waals surface area contributed by atoms with Gasteiger partial charge >= 0.3 is 0 Å². The van der Waals surface area contributed by atoms with Crippen LogP contribution in [-0.2, 0) is 6.42 Å². The van der Waals surface area contributed by atoms with Gasteiger partial charge in [0.25, 0.3) is 0 Å². The van der Waals surface area contributed by atoms with Gasteiger partial charge in [0.2, 0.25) is 0 Å². The minimum absolute atomic E-state index is 0.0404. The molecule has 2 rings (SSSR count). The van der Waals surface area contributed by atoms with Gasteiger partial charge in [-0.1, -0.05) is 12.2 Å². The lowest BCUT2D eigenvalue weighted by molar-refractivity contribution is 0.398. The number of phenolic OH excluding ortho intramolecular Hbond substituents is 2. The van der Waals surface area contributed by atoms with Crippen LogP contribution in [0.3, 0.4) is 0 Å². The van der Waals surface area contributed by atoms with Crippen molar-refractivity contribution in [3.05, 3.63) is 23.3 Å². The average molecular weight is 195 g/mol. The molecule has 1 aromatic carbocycles. The number of thiocarbonyl (C=S) groups is 1. The number of fused-ring (bicyclic) bond motifs is 1. The first-order valence-electron chi connectivity index (χ1n) is 4.02. The largest absolute Gasteiger partial charge is 0.504 e. The summed E-state index contributed by atoms with van der Waals surface area (Å²) >= 11 is 5.06. The number of aromatic hydroxyl groups is 2. The summed E-state index contributed by atoms with van der Waals surface area (Å²) in [5.74, 6) is -0.121. The van der Waals surface area contributed by atoms with E-state index in [2.05, 4.69) is 5.32 Å². The van der Waals surface area contributed by atoms with Crippen LogP contribution in [0.4, 0.5) is 0 Å². The van der Waals surface area contributed by atoms with Crippen molar-refractivity contribution in [3.63, 3.8) is 0 Å². The Kier molecular flexibility index (Phi) is 1.84. The second kappa shape index (κ2) is 2.88. The van der Waals surface area contributed by atoms with Gasteiger partial charge < -0.3 is 15.5 Å². The average Bonchev–Trinajstić information content (AvgIpc) is 2.12. The fraction of sp³-hybridized carbons (Fsp3) is 0.222. The van der Waals surface area contributed by atoms with Crippen molar-refractivity contribution in [2.45, 2.75) is 6.42 Å². The maximum atomic E-state index is 9.52. The monoisotopic (exact) mass is 195 g/mol. The molecular weight excluding hydrogens is 186 g/mol. The Balaban J connectivity index is 2.63. The molecule has 0 spiro atoms. The highest BCUT2D eigenvalue weighted by Crippen LogP contribution is 2.32. The molecule has 1 aromatic rings. The molecule has 0 radical (unpaired) electrons. The molecule has 0 amide bonds. The van der Waals surface area contributed by atoms with Crippen LogP contribution in [0, 0.1) is 0 Å². The maximum Gasteiger partial charge on any atom is 0.161 e. The van der Waals surface area contributed by atoms with E-state index in [1.807, 2.05) is 0 Å². The van der Waals surface area contributed by atoms with Gasteiger partial charge in [-0.25, -0.2) is 0 Å². The topological polar surface area (TPSA) is 52.5 Å². The van der Waals surface area contributed by atoms with Crippen LogP contribution < -0.4 is 5.32 Å². The van der Waals surface area contributed by atoms with Gasteiger partial charge in [-0.05, 0) is 18.6 Å². The minimum Gasteiger partial charge on any atom is -0.504 e. The highest BCUT2D eigenvalue weighted by molar-refractivity contribution is 7.80. The Morgan fingerprint density at radius 1 is 1.31 bits per heavy atom. The van der Waals surface area contributed by atoms with Crippen LogP contribution in [0.5, 0.6) is 11.5 Å². The molecule has 3 nitrogen and oxygen atoms in total. The van der Waals surface area contributed by atoms with Gasteiger partial charge in [-0.15, -0.1) is 0 Å². The molecule has 0 unspecified atom stereocenters. The van der Waals surface area contributed by atoms with Crippen molar-refractivity contribution in [1.82, 2.24) is 5.32 Å². The zero-order valence-electron chi connectivity index (χ0n) is 6.87. The molecule has 0 aromatic heterocycles. The lowest BCUT2D eigenvalue weighted by Crippen LogP contribution is -2.30. The Hall–Kier alpha value is -1.29. The van der Waals surface area contributed by atoms with E-state index in [0.717, 1.165) is 11.1 Å². The highest BCUT2D eigenvalue weighted by Gasteiger charge is 2.18. The molecule has 3 N–H and O–H groups in total.